The second-order valence-electron chi connectivity index (χ2n) is 4.33. The molecule has 0 atom stereocenters. The van der Waals surface area contributed by atoms with Crippen LogP contribution in [0.1, 0.15) is 33.0 Å². The average Bonchev–Trinajstić information content (AvgIpc) is 2.84. The predicted octanol–water partition coefficient (Wildman–Crippen LogP) is 3.01. The number of nitrogens with zero attached hydrogens (tertiary/aromatic N) is 1. The van der Waals surface area contributed by atoms with Crippen LogP contribution in [0.3, 0.4) is 0 Å². The van der Waals surface area contributed by atoms with E-state index in [0.717, 1.165) is 29.2 Å². The van der Waals surface area contributed by atoms with Gasteiger partial charge in [0.2, 0.25) is 5.78 Å². The minimum absolute atomic E-state index is 0.0434. The van der Waals surface area contributed by atoms with Crippen molar-refractivity contribution < 1.29 is 9.53 Å². The van der Waals surface area contributed by atoms with Crippen molar-refractivity contribution in [2.45, 2.75) is 19.8 Å². The molecular weight excluding hydrogens is 246 g/mol. The van der Waals surface area contributed by atoms with E-state index in [-0.39, 0.29) is 5.78 Å². The molecule has 1 aromatic carbocycles. The molecule has 1 aromatic heterocycles. The van der Waals surface area contributed by atoms with Gasteiger partial charge in [-0.05, 0) is 31.4 Å². The van der Waals surface area contributed by atoms with Gasteiger partial charge in [0.15, 0.2) is 0 Å². The molecule has 4 heteroatoms. The lowest BCUT2D eigenvalue weighted by Gasteiger charge is -2.19. The van der Waals surface area contributed by atoms with Crippen LogP contribution in [0.2, 0.25) is 0 Å². The molecule has 2 aromatic rings. The third-order valence-corrected chi connectivity index (χ3v) is 3.80. The third-order valence-electron chi connectivity index (χ3n) is 3.03. The summed E-state index contributed by atoms with van der Waals surface area (Å²) in [4.78, 5) is 16.6. The lowest BCUT2D eigenvalue weighted by atomic mass is 9.99. The highest BCUT2D eigenvalue weighted by Gasteiger charge is 2.21. The molecule has 0 N–H and O–H groups in total. The van der Waals surface area contributed by atoms with Gasteiger partial charge in [-0.3, -0.25) is 4.79 Å². The molecule has 0 spiro atoms. The summed E-state index contributed by atoms with van der Waals surface area (Å²) in [5.41, 5.74) is 2.27. The highest BCUT2D eigenvalue weighted by Crippen LogP contribution is 2.30. The Hall–Kier alpha value is -1.68. The van der Waals surface area contributed by atoms with E-state index in [2.05, 4.69) is 4.98 Å². The third kappa shape index (κ3) is 1.93. The van der Waals surface area contributed by atoms with Gasteiger partial charge in [0.05, 0.1) is 17.2 Å². The van der Waals surface area contributed by atoms with Gasteiger partial charge in [0, 0.05) is 5.38 Å². The number of ether oxygens (including phenoxy) is 1. The summed E-state index contributed by atoms with van der Waals surface area (Å²) in [6.45, 7) is 2.59. The monoisotopic (exact) mass is 259 g/mol. The number of rotatable bonds is 2. The average molecular weight is 259 g/mol. The van der Waals surface area contributed by atoms with Crippen molar-refractivity contribution >= 4 is 17.1 Å². The standard InChI is InChI=1S/C14H13NO2S/c1-9-15-12(8-18-9)13(16)11-6-2-4-10-5-3-7-17-14(10)11/h2,4,6,8H,3,5,7H2,1H3. The van der Waals surface area contributed by atoms with E-state index in [0.29, 0.717) is 17.9 Å². The summed E-state index contributed by atoms with van der Waals surface area (Å²) in [6, 6.07) is 5.76. The van der Waals surface area contributed by atoms with E-state index in [1.54, 1.807) is 5.38 Å². The quantitative estimate of drug-likeness (QED) is 0.778. The number of hydrogen-bond donors (Lipinski definition) is 0. The molecular formula is C14H13NO2S. The Kier molecular flexibility index (Phi) is 2.88. The zero-order valence-electron chi connectivity index (χ0n) is 10.1. The fourth-order valence-corrected chi connectivity index (χ4v) is 2.77. The van der Waals surface area contributed by atoms with Crippen molar-refractivity contribution in [1.82, 2.24) is 4.98 Å². The molecule has 0 radical (unpaired) electrons. The fraction of sp³-hybridized carbons (Fsp3) is 0.286. The maximum absolute atomic E-state index is 12.4. The Morgan fingerprint density at radius 3 is 3.11 bits per heavy atom. The Morgan fingerprint density at radius 2 is 2.33 bits per heavy atom. The molecule has 0 saturated carbocycles. The largest absolute Gasteiger partial charge is 0.493 e. The smallest absolute Gasteiger partial charge is 0.215 e. The van der Waals surface area contributed by atoms with Crippen molar-refractivity contribution in [3.05, 3.63) is 45.4 Å². The van der Waals surface area contributed by atoms with Crippen molar-refractivity contribution in [1.29, 1.82) is 0 Å². The molecule has 3 nitrogen and oxygen atoms in total. The van der Waals surface area contributed by atoms with Crippen molar-refractivity contribution in [3.63, 3.8) is 0 Å². The zero-order chi connectivity index (χ0) is 12.5. The highest BCUT2D eigenvalue weighted by molar-refractivity contribution is 7.09. The SMILES string of the molecule is Cc1nc(C(=O)c2cccc3c2OCCC3)cs1. The minimum Gasteiger partial charge on any atom is -0.493 e. The number of ketones is 1. The maximum atomic E-state index is 12.4. The molecule has 0 fully saturated rings. The number of carbonyl (C=O) groups excluding carboxylic acids is 1. The Morgan fingerprint density at radius 1 is 1.44 bits per heavy atom. The summed E-state index contributed by atoms with van der Waals surface area (Å²) < 4.78 is 5.66. The van der Waals surface area contributed by atoms with E-state index in [1.807, 2.05) is 25.1 Å². The number of aromatic nitrogens is 1. The van der Waals surface area contributed by atoms with E-state index in [1.165, 1.54) is 11.3 Å². The maximum Gasteiger partial charge on any atom is 0.215 e. The van der Waals surface area contributed by atoms with Gasteiger partial charge in [-0.25, -0.2) is 4.98 Å². The van der Waals surface area contributed by atoms with Gasteiger partial charge in [-0.2, -0.15) is 0 Å². The number of fused-ring (bicyclic) bond motifs is 1. The Bertz CT molecular complexity index is 604. The first kappa shape index (κ1) is 11.4. The molecule has 1 aliphatic rings. The molecule has 1 aliphatic heterocycles. The molecule has 2 heterocycles. The fourth-order valence-electron chi connectivity index (χ4n) is 2.17. The van der Waals surface area contributed by atoms with Crippen LogP contribution in [0.15, 0.2) is 23.6 Å². The van der Waals surface area contributed by atoms with Crippen LogP contribution in [0, 0.1) is 6.92 Å². The predicted molar refractivity (Wildman–Crippen MR) is 70.5 cm³/mol. The summed E-state index contributed by atoms with van der Waals surface area (Å²) >= 11 is 1.49. The number of benzene rings is 1. The lowest BCUT2D eigenvalue weighted by molar-refractivity contribution is 0.103. The molecule has 18 heavy (non-hydrogen) atoms. The molecule has 3 rings (SSSR count). The van der Waals surface area contributed by atoms with Crippen molar-refractivity contribution in [3.8, 4) is 5.75 Å². The van der Waals surface area contributed by atoms with Crippen LogP contribution >= 0.6 is 11.3 Å². The first-order valence-corrected chi connectivity index (χ1v) is 6.85. The van der Waals surface area contributed by atoms with Crippen molar-refractivity contribution in [2.75, 3.05) is 6.61 Å². The number of para-hydroxylation sites is 1. The summed E-state index contributed by atoms with van der Waals surface area (Å²) in [5, 5.41) is 2.71. The van der Waals surface area contributed by atoms with E-state index >= 15 is 0 Å². The van der Waals surface area contributed by atoms with Gasteiger partial charge in [-0.15, -0.1) is 11.3 Å². The second kappa shape index (κ2) is 4.53. The van der Waals surface area contributed by atoms with Gasteiger partial charge in [0.25, 0.3) is 0 Å². The minimum atomic E-state index is -0.0434. The summed E-state index contributed by atoms with van der Waals surface area (Å²) in [7, 11) is 0. The first-order chi connectivity index (χ1) is 8.75. The number of hydrogen-bond acceptors (Lipinski definition) is 4. The molecule has 0 aliphatic carbocycles. The van der Waals surface area contributed by atoms with Gasteiger partial charge < -0.3 is 4.74 Å². The van der Waals surface area contributed by atoms with Gasteiger partial charge in [-0.1, -0.05) is 12.1 Å². The van der Waals surface area contributed by atoms with Crippen LogP contribution in [0.4, 0.5) is 0 Å². The molecule has 92 valence electrons. The molecule has 0 saturated heterocycles. The van der Waals surface area contributed by atoms with Crippen molar-refractivity contribution in [2.24, 2.45) is 0 Å². The second-order valence-corrected chi connectivity index (χ2v) is 5.39. The van der Waals surface area contributed by atoms with Crippen LogP contribution in [-0.4, -0.2) is 17.4 Å². The zero-order valence-corrected chi connectivity index (χ0v) is 10.9. The Labute approximate surface area is 109 Å². The van der Waals surface area contributed by atoms with Gasteiger partial charge >= 0.3 is 0 Å². The summed E-state index contributed by atoms with van der Waals surface area (Å²) in [6.07, 6.45) is 1.99. The van der Waals surface area contributed by atoms with E-state index in [4.69, 9.17) is 4.74 Å². The molecule has 0 unspecified atom stereocenters. The van der Waals surface area contributed by atoms with Crippen LogP contribution < -0.4 is 4.74 Å². The summed E-state index contributed by atoms with van der Waals surface area (Å²) in [5.74, 6) is 0.706. The van der Waals surface area contributed by atoms with E-state index < -0.39 is 0 Å². The van der Waals surface area contributed by atoms with Crippen LogP contribution in [-0.2, 0) is 6.42 Å². The first-order valence-electron chi connectivity index (χ1n) is 5.97. The molecule has 0 amide bonds. The van der Waals surface area contributed by atoms with Gasteiger partial charge in [0.1, 0.15) is 11.4 Å². The van der Waals surface area contributed by atoms with E-state index in [9.17, 15) is 4.79 Å². The Balaban J connectivity index is 2.04. The molecule has 0 bridgehead atoms. The van der Waals surface area contributed by atoms with Crippen LogP contribution in [0.5, 0.6) is 5.75 Å². The number of carbonyl (C=O) groups is 1. The number of thiazole rings is 1. The topological polar surface area (TPSA) is 39.2 Å². The highest BCUT2D eigenvalue weighted by atomic mass is 32.1. The number of aryl methyl sites for hydroxylation is 2. The normalized spacial score (nSPS) is 13.8. The van der Waals surface area contributed by atoms with Crippen LogP contribution in [0.25, 0.3) is 0 Å². The lowest BCUT2D eigenvalue weighted by Crippen LogP contribution is -2.13.